The molecule has 0 atom stereocenters. The Kier molecular flexibility index (Phi) is 3.62. The summed E-state index contributed by atoms with van der Waals surface area (Å²) in [5.74, 6) is 0.276. The Hall–Kier alpha value is -2.34. The Balaban J connectivity index is 1.70. The van der Waals surface area contributed by atoms with E-state index in [1.54, 1.807) is 0 Å². The highest BCUT2D eigenvalue weighted by atomic mass is 32.2. The van der Waals surface area contributed by atoms with Crippen molar-refractivity contribution >= 4 is 27.0 Å². The molecule has 0 unspecified atom stereocenters. The summed E-state index contributed by atoms with van der Waals surface area (Å²) in [6.45, 7) is 0. The van der Waals surface area contributed by atoms with Gasteiger partial charge in [0.2, 0.25) is 16.0 Å². The summed E-state index contributed by atoms with van der Waals surface area (Å²) in [6.07, 6.45) is 0.469. The van der Waals surface area contributed by atoms with Crippen molar-refractivity contribution in [2.45, 2.75) is 6.42 Å². The van der Waals surface area contributed by atoms with Gasteiger partial charge >= 0.3 is 0 Å². The van der Waals surface area contributed by atoms with Gasteiger partial charge in [0.05, 0.1) is 16.8 Å². The number of H-pyrrole nitrogens is 1. The molecule has 0 fully saturated rings. The van der Waals surface area contributed by atoms with Crippen LogP contribution in [-0.2, 0) is 16.4 Å². The molecule has 0 aliphatic rings. The SMILES string of the molecule is O=S(=O)(CCc1ccccc1)Nc1nc2ccccc2[nH]1. The number of aryl methyl sites for hydroxylation is 1. The number of fused-ring (bicyclic) bond motifs is 1. The van der Waals surface area contributed by atoms with Gasteiger partial charge in [-0.15, -0.1) is 0 Å². The number of nitrogens with one attached hydrogen (secondary N) is 2. The first-order chi connectivity index (χ1) is 10.1. The fourth-order valence-corrected chi connectivity index (χ4v) is 3.09. The van der Waals surface area contributed by atoms with Crippen LogP contribution in [0.3, 0.4) is 0 Å². The third kappa shape index (κ3) is 3.41. The number of nitrogens with zero attached hydrogens (tertiary/aromatic N) is 1. The normalized spacial score (nSPS) is 11.6. The molecule has 2 N–H and O–H groups in total. The fraction of sp³-hybridized carbons (Fsp3) is 0.133. The van der Waals surface area contributed by atoms with Crippen molar-refractivity contribution in [3.8, 4) is 0 Å². The molecule has 0 radical (unpaired) electrons. The molecule has 0 spiro atoms. The summed E-state index contributed by atoms with van der Waals surface area (Å²) in [5, 5.41) is 0. The third-order valence-electron chi connectivity index (χ3n) is 3.14. The zero-order chi connectivity index (χ0) is 14.7. The highest BCUT2D eigenvalue weighted by Crippen LogP contribution is 2.14. The first-order valence-electron chi connectivity index (χ1n) is 6.61. The number of sulfonamides is 1. The number of para-hydroxylation sites is 2. The molecule has 3 aromatic rings. The Morgan fingerprint density at radius 2 is 1.71 bits per heavy atom. The van der Waals surface area contributed by atoms with Crippen molar-refractivity contribution in [1.82, 2.24) is 9.97 Å². The van der Waals surface area contributed by atoms with Gasteiger partial charge in [0, 0.05) is 0 Å². The van der Waals surface area contributed by atoms with Crippen molar-refractivity contribution in [3.63, 3.8) is 0 Å². The lowest BCUT2D eigenvalue weighted by molar-refractivity contribution is 0.600. The highest BCUT2D eigenvalue weighted by Gasteiger charge is 2.13. The van der Waals surface area contributed by atoms with Gasteiger partial charge in [-0.2, -0.15) is 0 Å². The van der Waals surface area contributed by atoms with E-state index in [1.165, 1.54) is 0 Å². The lowest BCUT2D eigenvalue weighted by atomic mass is 10.2. The van der Waals surface area contributed by atoms with Crippen molar-refractivity contribution < 1.29 is 8.42 Å². The minimum Gasteiger partial charge on any atom is -0.323 e. The summed E-state index contributed by atoms with van der Waals surface area (Å²) in [7, 11) is -3.42. The van der Waals surface area contributed by atoms with E-state index in [0.717, 1.165) is 16.6 Å². The number of hydrogen-bond acceptors (Lipinski definition) is 3. The van der Waals surface area contributed by atoms with Gasteiger partial charge < -0.3 is 4.98 Å². The topological polar surface area (TPSA) is 74.8 Å². The highest BCUT2D eigenvalue weighted by molar-refractivity contribution is 7.92. The van der Waals surface area contributed by atoms with E-state index in [-0.39, 0.29) is 11.7 Å². The predicted octanol–water partition coefficient (Wildman–Crippen LogP) is 2.55. The van der Waals surface area contributed by atoms with Crippen LogP contribution < -0.4 is 4.72 Å². The fourth-order valence-electron chi connectivity index (χ4n) is 2.10. The number of aromatic nitrogens is 2. The standard InChI is InChI=1S/C15H15N3O2S/c19-21(20,11-10-12-6-2-1-3-7-12)18-15-16-13-8-4-5-9-14(13)17-15/h1-9H,10-11H2,(H2,16,17,18). The van der Waals surface area contributed by atoms with Crippen molar-refractivity contribution in [2.24, 2.45) is 0 Å². The predicted molar refractivity (Wildman–Crippen MR) is 83.6 cm³/mol. The van der Waals surface area contributed by atoms with Gasteiger partial charge in [-0.05, 0) is 24.1 Å². The molecular weight excluding hydrogens is 286 g/mol. The number of anilines is 1. The molecular formula is C15H15N3O2S. The van der Waals surface area contributed by atoms with Crippen LogP contribution in [0.25, 0.3) is 11.0 Å². The van der Waals surface area contributed by atoms with Gasteiger partial charge in [0.15, 0.2) is 0 Å². The first kappa shape index (κ1) is 13.6. The van der Waals surface area contributed by atoms with E-state index in [2.05, 4.69) is 14.7 Å². The zero-order valence-corrected chi connectivity index (χ0v) is 12.1. The van der Waals surface area contributed by atoms with Gasteiger partial charge in [-0.1, -0.05) is 42.5 Å². The van der Waals surface area contributed by atoms with Gasteiger partial charge in [-0.3, -0.25) is 4.72 Å². The Bertz CT molecular complexity index is 808. The lowest BCUT2D eigenvalue weighted by Crippen LogP contribution is -2.18. The quantitative estimate of drug-likeness (QED) is 0.760. The van der Waals surface area contributed by atoms with Crippen molar-refractivity contribution in [2.75, 3.05) is 10.5 Å². The minimum atomic E-state index is -3.42. The third-order valence-corrected chi connectivity index (χ3v) is 4.39. The average molecular weight is 301 g/mol. The molecule has 6 heteroatoms. The van der Waals surface area contributed by atoms with E-state index >= 15 is 0 Å². The van der Waals surface area contributed by atoms with E-state index < -0.39 is 10.0 Å². The lowest BCUT2D eigenvalue weighted by Gasteiger charge is -2.05. The van der Waals surface area contributed by atoms with E-state index in [9.17, 15) is 8.42 Å². The molecule has 108 valence electrons. The summed E-state index contributed by atoms with van der Waals surface area (Å²) >= 11 is 0. The van der Waals surface area contributed by atoms with Crippen molar-refractivity contribution in [1.29, 1.82) is 0 Å². The summed E-state index contributed by atoms with van der Waals surface area (Å²) in [5.41, 5.74) is 2.53. The molecule has 0 bridgehead atoms. The van der Waals surface area contributed by atoms with Gasteiger partial charge in [0.1, 0.15) is 0 Å². The molecule has 1 heterocycles. The smallest absolute Gasteiger partial charge is 0.235 e. The van der Waals surface area contributed by atoms with Crippen LogP contribution in [-0.4, -0.2) is 24.1 Å². The number of hydrogen-bond donors (Lipinski definition) is 2. The number of imidazole rings is 1. The molecule has 3 rings (SSSR count). The molecule has 1 aromatic heterocycles. The Morgan fingerprint density at radius 1 is 1.00 bits per heavy atom. The Labute approximate surface area is 123 Å². The van der Waals surface area contributed by atoms with E-state index in [1.807, 2.05) is 54.6 Å². The van der Waals surface area contributed by atoms with Gasteiger partial charge in [-0.25, -0.2) is 13.4 Å². The maximum absolute atomic E-state index is 12.1. The number of benzene rings is 2. The molecule has 5 nitrogen and oxygen atoms in total. The summed E-state index contributed by atoms with van der Waals surface area (Å²) in [4.78, 5) is 7.16. The van der Waals surface area contributed by atoms with Crippen LogP contribution in [0.1, 0.15) is 5.56 Å². The summed E-state index contributed by atoms with van der Waals surface area (Å²) in [6, 6.07) is 16.9. The number of aromatic amines is 1. The van der Waals surface area contributed by atoms with Crippen LogP contribution in [0, 0.1) is 0 Å². The van der Waals surface area contributed by atoms with Crippen LogP contribution in [0.2, 0.25) is 0 Å². The maximum Gasteiger partial charge on any atom is 0.235 e. The molecule has 0 aliphatic carbocycles. The number of rotatable bonds is 5. The molecule has 0 saturated heterocycles. The van der Waals surface area contributed by atoms with Crippen LogP contribution >= 0.6 is 0 Å². The molecule has 0 amide bonds. The summed E-state index contributed by atoms with van der Waals surface area (Å²) < 4.78 is 26.6. The van der Waals surface area contributed by atoms with Crippen LogP contribution in [0.4, 0.5) is 5.95 Å². The van der Waals surface area contributed by atoms with Gasteiger partial charge in [0.25, 0.3) is 0 Å². The molecule has 0 saturated carbocycles. The molecule has 21 heavy (non-hydrogen) atoms. The molecule has 0 aliphatic heterocycles. The largest absolute Gasteiger partial charge is 0.323 e. The second kappa shape index (κ2) is 5.57. The minimum absolute atomic E-state index is 0.0219. The first-order valence-corrected chi connectivity index (χ1v) is 8.27. The van der Waals surface area contributed by atoms with Crippen molar-refractivity contribution in [3.05, 3.63) is 60.2 Å². The maximum atomic E-state index is 12.1. The zero-order valence-electron chi connectivity index (χ0n) is 11.3. The average Bonchev–Trinajstić information content (AvgIpc) is 2.87. The second-order valence-electron chi connectivity index (χ2n) is 4.76. The second-order valence-corrected chi connectivity index (χ2v) is 6.60. The molecule has 2 aromatic carbocycles. The van der Waals surface area contributed by atoms with Crippen LogP contribution in [0.15, 0.2) is 54.6 Å². The van der Waals surface area contributed by atoms with E-state index in [4.69, 9.17) is 0 Å². The van der Waals surface area contributed by atoms with E-state index in [0.29, 0.717) is 6.42 Å². The Morgan fingerprint density at radius 3 is 2.48 bits per heavy atom. The monoisotopic (exact) mass is 301 g/mol. The van der Waals surface area contributed by atoms with Crippen LogP contribution in [0.5, 0.6) is 0 Å².